The largest absolute Gasteiger partial charge is 0.383 e. The zero-order valence-electron chi connectivity index (χ0n) is 20.1. The van der Waals surface area contributed by atoms with Crippen LogP contribution in [0.15, 0.2) is 42.6 Å². The van der Waals surface area contributed by atoms with Gasteiger partial charge in [-0.15, -0.1) is 0 Å². The first kappa shape index (κ1) is 23.8. The van der Waals surface area contributed by atoms with Crippen molar-refractivity contribution in [2.75, 3.05) is 61.1 Å². The molecule has 0 aliphatic carbocycles. The highest BCUT2D eigenvalue weighted by atomic mass is 35.5. The van der Waals surface area contributed by atoms with Crippen molar-refractivity contribution in [3.8, 4) is 11.3 Å². The monoisotopic (exact) mass is 496 g/mol. The third-order valence-corrected chi connectivity index (χ3v) is 7.08. The van der Waals surface area contributed by atoms with Gasteiger partial charge in [0.05, 0.1) is 23.4 Å². The Morgan fingerprint density at radius 1 is 1.06 bits per heavy atom. The van der Waals surface area contributed by atoms with Crippen molar-refractivity contribution in [1.29, 1.82) is 0 Å². The summed E-state index contributed by atoms with van der Waals surface area (Å²) in [5, 5.41) is 0.664. The number of ether oxygens (including phenoxy) is 1. The summed E-state index contributed by atoms with van der Waals surface area (Å²) in [6, 6.07) is 11.1. The highest BCUT2D eigenvalue weighted by molar-refractivity contribution is 6.32. The van der Waals surface area contributed by atoms with Crippen LogP contribution in [-0.2, 0) is 4.74 Å². The van der Waals surface area contributed by atoms with Crippen molar-refractivity contribution in [3.63, 3.8) is 0 Å². The van der Waals surface area contributed by atoms with Gasteiger partial charge in [-0.2, -0.15) is 4.98 Å². The number of anilines is 3. The summed E-state index contributed by atoms with van der Waals surface area (Å²) < 4.78 is 19.4. The van der Waals surface area contributed by atoms with E-state index in [9.17, 15) is 4.39 Å². The van der Waals surface area contributed by atoms with Crippen molar-refractivity contribution < 1.29 is 9.13 Å². The van der Waals surface area contributed by atoms with E-state index in [1.54, 1.807) is 26.3 Å². The number of aryl methyl sites for hydroxylation is 1. The number of piperazine rings is 1. The third kappa shape index (κ3) is 5.04. The topological polar surface area (TPSA) is 57.6 Å². The molecule has 7 nitrogen and oxygen atoms in total. The van der Waals surface area contributed by atoms with E-state index in [1.165, 1.54) is 6.07 Å². The molecular formula is C26H30ClFN6O. The lowest BCUT2D eigenvalue weighted by Gasteiger charge is -2.37. The number of rotatable bonds is 6. The molecule has 35 heavy (non-hydrogen) atoms. The fourth-order valence-electron chi connectivity index (χ4n) is 4.89. The fraction of sp³-hybridized carbons (Fsp3) is 0.423. The number of benzene rings is 1. The molecule has 0 unspecified atom stereocenters. The Hall–Kier alpha value is -2.97. The van der Waals surface area contributed by atoms with E-state index in [0.717, 1.165) is 68.5 Å². The van der Waals surface area contributed by atoms with Crippen LogP contribution in [0.25, 0.3) is 11.3 Å². The minimum absolute atomic E-state index is 0.216. The van der Waals surface area contributed by atoms with Gasteiger partial charge in [0.25, 0.3) is 0 Å². The molecule has 9 heteroatoms. The molecule has 2 saturated heterocycles. The second-order valence-corrected chi connectivity index (χ2v) is 9.51. The normalized spacial score (nSPS) is 18.4. The van der Waals surface area contributed by atoms with Crippen LogP contribution in [0.2, 0.25) is 5.02 Å². The van der Waals surface area contributed by atoms with Crippen molar-refractivity contribution in [2.45, 2.75) is 25.8 Å². The molecular weight excluding hydrogens is 467 g/mol. The first-order valence-corrected chi connectivity index (χ1v) is 12.4. The molecule has 5 rings (SSSR count). The van der Waals surface area contributed by atoms with Crippen LogP contribution in [0.4, 0.5) is 22.0 Å². The van der Waals surface area contributed by atoms with Crippen LogP contribution < -0.4 is 14.7 Å². The molecule has 0 spiro atoms. The Morgan fingerprint density at radius 3 is 2.60 bits per heavy atom. The predicted octanol–water partition coefficient (Wildman–Crippen LogP) is 4.58. The maximum Gasteiger partial charge on any atom is 0.228 e. The summed E-state index contributed by atoms with van der Waals surface area (Å²) in [5.74, 6) is 2.18. The molecule has 1 atom stereocenters. The molecule has 2 aliphatic heterocycles. The molecule has 0 radical (unpaired) electrons. The maximum absolute atomic E-state index is 14.0. The number of hydrogen-bond acceptors (Lipinski definition) is 7. The van der Waals surface area contributed by atoms with Crippen LogP contribution in [0, 0.1) is 12.7 Å². The quantitative estimate of drug-likeness (QED) is 0.495. The van der Waals surface area contributed by atoms with E-state index < -0.39 is 0 Å². The van der Waals surface area contributed by atoms with Gasteiger partial charge in [-0.1, -0.05) is 11.6 Å². The highest BCUT2D eigenvalue weighted by Crippen LogP contribution is 2.31. The number of methoxy groups -OCH3 is 1. The Bertz CT molecular complexity index is 1190. The molecule has 2 aromatic heterocycles. The standard InChI is InChI=1S/C26H30ClFN6O/c1-18-15-19(7-8-22(18)28)23-16-24(31-26(30-23)34-10-4-5-20(34)17-35-2)32-11-13-33(14-12-32)25-21(27)6-3-9-29-25/h3,6-9,15-16,20H,4-5,10-14,17H2,1-2H3/t20-/m0/s1. The van der Waals surface area contributed by atoms with Crippen LogP contribution in [0.1, 0.15) is 18.4 Å². The van der Waals surface area contributed by atoms with Gasteiger partial charge >= 0.3 is 0 Å². The van der Waals surface area contributed by atoms with Crippen molar-refractivity contribution >= 4 is 29.2 Å². The summed E-state index contributed by atoms with van der Waals surface area (Å²) in [4.78, 5) is 21.1. The van der Waals surface area contributed by atoms with E-state index in [1.807, 2.05) is 24.3 Å². The number of halogens is 2. The summed E-state index contributed by atoms with van der Waals surface area (Å²) >= 11 is 6.38. The summed E-state index contributed by atoms with van der Waals surface area (Å²) in [7, 11) is 1.73. The summed E-state index contributed by atoms with van der Waals surface area (Å²) in [6.45, 7) is 6.46. The Labute approximate surface area is 210 Å². The molecule has 3 aromatic rings. The molecule has 2 aliphatic rings. The molecule has 4 heterocycles. The lowest BCUT2D eigenvalue weighted by molar-refractivity contribution is 0.180. The minimum atomic E-state index is -0.216. The van der Waals surface area contributed by atoms with Gasteiger partial charge in [0.1, 0.15) is 17.5 Å². The Morgan fingerprint density at radius 2 is 1.86 bits per heavy atom. The molecule has 1 aromatic carbocycles. The van der Waals surface area contributed by atoms with Gasteiger partial charge in [-0.3, -0.25) is 0 Å². The van der Waals surface area contributed by atoms with Gasteiger partial charge < -0.3 is 19.4 Å². The zero-order chi connectivity index (χ0) is 24.4. The number of nitrogens with zero attached hydrogens (tertiary/aromatic N) is 6. The average Bonchev–Trinajstić information content (AvgIpc) is 3.34. The van der Waals surface area contributed by atoms with Crippen LogP contribution >= 0.6 is 11.6 Å². The Balaban J connectivity index is 1.46. The first-order chi connectivity index (χ1) is 17.0. The minimum Gasteiger partial charge on any atom is -0.383 e. The Kier molecular flexibility index (Phi) is 7.02. The third-order valence-electron chi connectivity index (χ3n) is 6.79. The van der Waals surface area contributed by atoms with Gasteiger partial charge in [0.2, 0.25) is 5.95 Å². The molecule has 0 bridgehead atoms. The van der Waals surface area contributed by atoms with Gasteiger partial charge in [-0.25, -0.2) is 14.4 Å². The van der Waals surface area contributed by atoms with E-state index >= 15 is 0 Å². The van der Waals surface area contributed by atoms with Gasteiger partial charge in [0, 0.05) is 57.7 Å². The number of aromatic nitrogens is 3. The van der Waals surface area contributed by atoms with Crippen LogP contribution in [0.3, 0.4) is 0 Å². The molecule has 0 N–H and O–H groups in total. The molecule has 0 saturated carbocycles. The maximum atomic E-state index is 14.0. The summed E-state index contributed by atoms with van der Waals surface area (Å²) in [6.07, 6.45) is 3.90. The van der Waals surface area contributed by atoms with Crippen molar-refractivity contribution in [3.05, 3.63) is 59.0 Å². The van der Waals surface area contributed by atoms with Gasteiger partial charge in [0.15, 0.2) is 0 Å². The van der Waals surface area contributed by atoms with Gasteiger partial charge in [-0.05, 0) is 55.7 Å². The lowest BCUT2D eigenvalue weighted by Crippen LogP contribution is -2.47. The number of hydrogen-bond donors (Lipinski definition) is 0. The van der Waals surface area contributed by atoms with Crippen molar-refractivity contribution in [1.82, 2.24) is 15.0 Å². The van der Waals surface area contributed by atoms with E-state index in [2.05, 4.69) is 19.7 Å². The second kappa shape index (κ2) is 10.3. The SMILES string of the molecule is COC[C@@H]1CCCN1c1nc(-c2ccc(F)c(C)c2)cc(N2CCN(c3ncccc3Cl)CC2)n1. The number of pyridine rings is 1. The van der Waals surface area contributed by atoms with Crippen molar-refractivity contribution in [2.24, 2.45) is 0 Å². The first-order valence-electron chi connectivity index (χ1n) is 12.0. The van der Waals surface area contributed by atoms with E-state index in [4.69, 9.17) is 26.3 Å². The van der Waals surface area contributed by atoms with Crippen LogP contribution in [0.5, 0.6) is 0 Å². The molecule has 2 fully saturated rings. The zero-order valence-corrected chi connectivity index (χ0v) is 20.9. The lowest BCUT2D eigenvalue weighted by atomic mass is 10.1. The van der Waals surface area contributed by atoms with E-state index in [0.29, 0.717) is 23.1 Å². The fourth-order valence-corrected chi connectivity index (χ4v) is 5.13. The average molecular weight is 497 g/mol. The highest BCUT2D eigenvalue weighted by Gasteiger charge is 2.29. The molecule has 184 valence electrons. The predicted molar refractivity (Wildman–Crippen MR) is 138 cm³/mol. The van der Waals surface area contributed by atoms with Crippen LogP contribution in [-0.4, -0.2) is 67.4 Å². The second-order valence-electron chi connectivity index (χ2n) is 9.10. The van der Waals surface area contributed by atoms with E-state index in [-0.39, 0.29) is 11.9 Å². The summed E-state index contributed by atoms with van der Waals surface area (Å²) in [5.41, 5.74) is 2.28. The molecule has 0 amide bonds. The smallest absolute Gasteiger partial charge is 0.228 e.